The second-order valence-corrected chi connectivity index (χ2v) is 21.4. The van der Waals surface area contributed by atoms with Gasteiger partial charge in [0.05, 0.1) is 17.0 Å². The highest BCUT2D eigenvalue weighted by Gasteiger charge is 2.47. The van der Waals surface area contributed by atoms with E-state index in [2.05, 4.69) is 242 Å². The van der Waals surface area contributed by atoms with Crippen molar-refractivity contribution in [3.05, 3.63) is 180 Å². The van der Waals surface area contributed by atoms with Crippen LogP contribution < -0.4 is 31.3 Å². The molecule has 0 saturated carbocycles. The zero-order chi connectivity index (χ0) is 45.4. The molecule has 8 aromatic rings. The molecule has 7 aromatic carbocycles. The Hall–Kier alpha value is -6.46. The first-order valence-corrected chi connectivity index (χ1v) is 23.7. The Morgan fingerprint density at radius 2 is 1.03 bits per heavy atom. The third-order valence-electron chi connectivity index (χ3n) is 13.7. The van der Waals surface area contributed by atoms with Crippen molar-refractivity contribution in [2.45, 2.75) is 105 Å². The predicted molar refractivity (Wildman–Crippen MR) is 280 cm³/mol. The largest absolute Gasteiger partial charge is 0.468 e. The molecule has 65 heavy (non-hydrogen) atoms. The van der Waals surface area contributed by atoms with E-state index in [4.69, 9.17) is 4.42 Å². The summed E-state index contributed by atoms with van der Waals surface area (Å²) in [5.74, 6) is 0. The summed E-state index contributed by atoms with van der Waals surface area (Å²) in [5, 5.41) is 1.13. The molecule has 5 heteroatoms. The second kappa shape index (κ2) is 15.9. The molecule has 0 N–H and O–H groups in total. The maximum absolute atomic E-state index is 7.36. The highest BCUT2D eigenvalue weighted by molar-refractivity contribution is 7.00. The number of nitrogens with zero attached hydrogens (tertiary/aromatic N) is 3. The number of hydrogen-bond donors (Lipinski definition) is 0. The van der Waals surface area contributed by atoms with Crippen LogP contribution in [0.25, 0.3) is 11.0 Å². The molecule has 0 unspecified atom stereocenters. The van der Waals surface area contributed by atoms with E-state index in [9.17, 15) is 0 Å². The van der Waals surface area contributed by atoms with Crippen molar-refractivity contribution in [1.29, 1.82) is 0 Å². The molecule has 4 nitrogen and oxygen atoms in total. The predicted octanol–water partition coefficient (Wildman–Crippen LogP) is 15.2. The van der Waals surface area contributed by atoms with E-state index in [1.165, 1.54) is 51.7 Å². The standard InChI is InChI=1S/C60H62BN3O/c1-11-12-19-40-24-30-46(31-25-40)63-51-34-28-43(60(8,9)10)37-50(51)61-55-52(63)38-48(62(44-20-15-13-16-21-44)45-22-17-14-18-23-45)39-53(55)64(47-32-26-41(27-33-47)58(2,3)4)56-49-36-42(59(5,6)7)29-35-54(49)65-57(56)61/h13-18,20-39H,11-12,19H2,1-10H3. The maximum Gasteiger partial charge on any atom is 0.297 e. The number of aryl methyl sites for hydroxylation is 1. The molecule has 0 atom stereocenters. The topological polar surface area (TPSA) is 22.9 Å². The zero-order valence-corrected chi connectivity index (χ0v) is 40.0. The van der Waals surface area contributed by atoms with Gasteiger partial charge < -0.3 is 19.1 Å². The summed E-state index contributed by atoms with van der Waals surface area (Å²) in [7, 11) is 0. The summed E-state index contributed by atoms with van der Waals surface area (Å²) in [4.78, 5) is 7.47. The number of anilines is 9. The van der Waals surface area contributed by atoms with E-state index in [-0.39, 0.29) is 23.0 Å². The van der Waals surface area contributed by atoms with Crippen LogP contribution >= 0.6 is 0 Å². The van der Waals surface area contributed by atoms with Crippen LogP contribution in [0.1, 0.15) is 104 Å². The van der Waals surface area contributed by atoms with Gasteiger partial charge in [0.1, 0.15) is 5.58 Å². The minimum Gasteiger partial charge on any atom is -0.468 e. The number of furan rings is 1. The summed E-state index contributed by atoms with van der Waals surface area (Å²) in [6, 6.07) is 59.2. The summed E-state index contributed by atoms with van der Waals surface area (Å²) in [5.41, 5.74) is 19.7. The molecule has 0 saturated heterocycles. The van der Waals surface area contributed by atoms with E-state index >= 15 is 0 Å². The fourth-order valence-corrected chi connectivity index (χ4v) is 9.98. The summed E-state index contributed by atoms with van der Waals surface area (Å²) >= 11 is 0. The van der Waals surface area contributed by atoms with Gasteiger partial charge in [0.15, 0.2) is 0 Å². The van der Waals surface area contributed by atoms with Gasteiger partial charge in [-0.2, -0.15) is 0 Å². The lowest BCUT2D eigenvalue weighted by Gasteiger charge is -2.44. The minimum atomic E-state index is -0.168. The van der Waals surface area contributed by atoms with Gasteiger partial charge in [-0.15, -0.1) is 0 Å². The maximum atomic E-state index is 7.36. The summed E-state index contributed by atoms with van der Waals surface area (Å²) in [6.07, 6.45) is 3.43. The molecule has 0 fully saturated rings. The number of para-hydroxylation sites is 2. The molecule has 0 amide bonds. The first kappa shape index (κ1) is 42.5. The van der Waals surface area contributed by atoms with E-state index in [1.54, 1.807) is 0 Å². The number of hydrogen-bond acceptors (Lipinski definition) is 4. The van der Waals surface area contributed by atoms with Crippen molar-refractivity contribution >= 4 is 85.5 Å². The van der Waals surface area contributed by atoms with Gasteiger partial charge in [-0.05, 0) is 141 Å². The van der Waals surface area contributed by atoms with E-state index in [1.807, 2.05) is 0 Å². The summed E-state index contributed by atoms with van der Waals surface area (Å²) in [6.45, 7) is 22.8. The first-order chi connectivity index (χ1) is 31.1. The average Bonchev–Trinajstić information content (AvgIpc) is 3.67. The molecule has 10 rings (SSSR count). The van der Waals surface area contributed by atoms with Gasteiger partial charge in [0.25, 0.3) is 6.71 Å². The van der Waals surface area contributed by atoms with E-state index in [0.29, 0.717) is 0 Å². The molecule has 0 radical (unpaired) electrons. The SMILES string of the molecule is CCCCc1ccc(N2c3ccc(C(C)(C)C)cc3B3c4oc5ccc(C(C)(C)C)cc5c4N(c4ccc(C(C)(C)C)cc4)c4cc(N(c5ccccc5)c5ccccc5)cc2c43)cc1. The zero-order valence-electron chi connectivity index (χ0n) is 40.0. The monoisotopic (exact) mass is 851 g/mol. The Morgan fingerprint density at radius 3 is 1.62 bits per heavy atom. The Kier molecular flexibility index (Phi) is 10.4. The van der Waals surface area contributed by atoms with Gasteiger partial charge in [0.2, 0.25) is 0 Å². The quantitative estimate of drug-likeness (QED) is 0.142. The molecule has 2 aliphatic heterocycles. The highest BCUT2D eigenvalue weighted by Crippen LogP contribution is 2.50. The lowest BCUT2D eigenvalue weighted by Crippen LogP contribution is -2.61. The number of benzene rings is 7. The summed E-state index contributed by atoms with van der Waals surface area (Å²) < 4.78 is 7.36. The molecule has 0 bridgehead atoms. The third kappa shape index (κ3) is 7.53. The van der Waals surface area contributed by atoms with Crippen molar-refractivity contribution in [2.24, 2.45) is 0 Å². The van der Waals surface area contributed by atoms with Crippen molar-refractivity contribution in [2.75, 3.05) is 14.7 Å². The molecule has 326 valence electrons. The molecular weight excluding hydrogens is 789 g/mol. The van der Waals surface area contributed by atoms with Gasteiger partial charge in [0, 0.05) is 45.2 Å². The second-order valence-electron chi connectivity index (χ2n) is 21.4. The van der Waals surface area contributed by atoms with Crippen molar-refractivity contribution < 1.29 is 4.42 Å². The fraction of sp³-hybridized carbons (Fsp3) is 0.267. The lowest BCUT2D eigenvalue weighted by molar-refractivity contribution is 0.590. The Balaban J connectivity index is 1.35. The molecule has 1 aromatic heterocycles. The molecule has 0 aliphatic carbocycles. The van der Waals surface area contributed by atoms with Gasteiger partial charge in [-0.25, -0.2) is 0 Å². The number of unbranched alkanes of at least 4 members (excludes halogenated alkanes) is 1. The number of fused-ring (bicyclic) bond motifs is 6. The highest BCUT2D eigenvalue weighted by atomic mass is 16.3. The Labute approximate surface area is 387 Å². The van der Waals surface area contributed by atoms with E-state index < -0.39 is 0 Å². The van der Waals surface area contributed by atoms with Crippen LogP contribution in [0.5, 0.6) is 0 Å². The molecule has 0 spiro atoms. The Bertz CT molecular complexity index is 2980. The number of rotatable bonds is 8. The molecular formula is C60H62BN3O. The molecule has 3 heterocycles. The van der Waals surface area contributed by atoms with Crippen molar-refractivity contribution in [3.8, 4) is 0 Å². The average molecular weight is 852 g/mol. The lowest BCUT2D eigenvalue weighted by atomic mass is 9.35. The minimum absolute atomic E-state index is 0.00659. The third-order valence-corrected chi connectivity index (χ3v) is 13.7. The normalized spacial score (nSPS) is 13.5. The van der Waals surface area contributed by atoms with Gasteiger partial charge >= 0.3 is 0 Å². The van der Waals surface area contributed by atoms with Crippen molar-refractivity contribution in [3.63, 3.8) is 0 Å². The fourth-order valence-electron chi connectivity index (χ4n) is 9.98. The van der Waals surface area contributed by atoms with E-state index in [0.717, 1.165) is 68.5 Å². The van der Waals surface area contributed by atoms with Crippen LogP contribution in [0.3, 0.4) is 0 Å². The smallest absolute Gasteiger partial charge is 0.297 e. The van der Waals surface area contributed by atoms with Gasteiger partial charge in [-0.3, -0.25) is 0 Å². The van der Waals surface area contributed by atoms with Crippen LogP contribution in [0.15, 0.2) is 162 Å². The first-order valence-electron chi connectivity index (χ1n) is 23.7. The van der Waals surface area contributed by atoms with Crippen LogP contribution in [-0.4, -0.2) is 6.71 Å². The Morgan fingerprint density at radius 1 is 0.508 bits per heavy atom. The van der Waals surface area contributed by atoms with Crippen molar-refractivity contribution in [1.82, 2.24) is 0 Å². The van der Waals surface area contributed by atoms with Crippen LogP contribution in [0.4, 0.5) is 51.2 Å². The molecule has 2 aliphatic rings. The van der Waals surface area contributed by atoms with Crippen LogP contribution in [-0.2, 0) is 22.7 Å². The van der Waals surface area contributed by atoms with Gasteiger partial charge in [-0.1, -0.05) is 155 Å². The van der Waals surface area contributed by atoms with Crippen LogP contribution in [0, 0.1) is 0 Å². The van der Waals surface area contributed by atoms with Crippen LogP contribution in [0.2, 0.25) is 0 Å².